The van der Waals surface area contributed by atoms with Crippen molar-refractivity contribution in [2.24, 2.45) is 0 Å². The fourth-order valence-electron chi connectivity index (χ4n) is 3.78. The van der Waals surface area contributed by atoms with Crippen LogP contribution in [0, 0.1) is 6.92 Å². The van der Waals surface area contributed by atoms with Gasteiger partial charge in [0.1, 0.15) is 18.1 Å². The highest BCUT2D eigenvalue weighted by Gasteiger charge is 2.47. The Balaban J connectivity index is 1.62. The van der Waals surface area contributed by atoms with Crippen LogP contribution in [0.5, 0.6) is 11.5 Å². The first-order chi connectivity index (χ1) is 15.0. The van der Waals surface area contributed by atoms with Gasteiger partial charge < -0.3 is 20.1 Å². The fourth-order valence-corrected chi connectivity index (χ4v) is 3.78. The molecule has 1 aliphatic carbocycles. The molecule has 162 valence electrons. The molecule has 0 spiro atoms. The first-order valence-electron chi connectivity index (χ1n) is 10.6. The average Bonchev–Trinajstić information content (AvgIpc) is 3.57. The number of rotatable bonds is 8. The zero-order valence-corrected chi connectivity index (χ0v) is 18.5. The number of ether oxygens (including phenoxy) is 2. The van der Waals surface area contributed by atoms with Gasteiger partial charge in [-0.2, -0.15) is 0 Å². The van der Waals surface area contributed by atoms with Crippen molar-refractivity contribution in [3.05, 3.63) is 65.4 Å². The Morgan fingerprint density at radius 3 is 2.71 bits per heavy atom. The van der Waals surface area contributed by atoms with E-state index < -0.39 is 5.54 Å². The number of aromatic nitrogens is 1. The van der Waals surface area contributed by atoms with Gasteiger partial charge in [0.25, 0.3) is 5.91 Å². The molecule has 1 aliphatic rings. The lowest BCUT2D eigenvalue weighted by Crippen LogP contribution is -2.35. The summed E-state index contributed by atoms with van der Waals surface area (Å²) >= 11 is 0. The monoisotopic (exact) mass is 419 g/mol. The fraction of sp³-hybridized carbons (Fsp3) is 0.360. The summed E-state index contributed by atoms with van der Waals surface area (Å²) in [6.45, 7) is 4.53. The van der Waals surface area contributed by atoms with Crippen LogP contribution in [0.3, 0.4) is 0 Å². The van der Waals surface area contributed by atoms with Crippen molar-refractivity contribution in [2.75, 3.05) is 20.8 Å². The molecule has 31 heavy (non-hydrogen) atoms. The standard InChI is InChI=1S/C25H29N3O3/c1-16-7-8-18(31-15-17(2)26-3)12-21(16)24(29)28-25(9-10-25)22-13-19(30-4)14-23-20(22)6-5-11-27-23/h5-8,11-14,17,26H,9-10,15H2,1-4H3,(H,28,29). The molecular weight excluding hydrogens is 390 g/mol. The minimum atomic E-state index is -0.406. The number of nitrogens with one attached hydrogen (secondary N) is 2. The van der Waals surface area contributed by atoms with E-state index >= 15 is 0 Å². The number of aryl methyl sites for hydroxylation is 1. The van der Waals surface area contributed by atoms with Gasteiger partial charge in [-0.05, 0) is 69.1 Å². The summed E-state index contributed by atoms with van der Waals surface area (Å²) < 4.78 is 11.3. The minimum absolute atomic E-state index is 0.0954. The smallest absolute Gasteiger partial charge is 0.252 e. The van der Waals surface area contributed by atoms with E-state index in [4.69, 9.17) is 9.47 Å². The van der Waals surface area contributed by atoms with Crippen LogP contribution in [0.4, 0.5) is 0 Å². The SMILES string of the molecule is CNC(C)COc1ccc(C)c(C(=O)NC2(c3cc(OC)cc4ncccc34)CC2)c1. The molecule has 2 N–H and O–H groups in total. The third-order valence-electron chi connectivity index (χ3n) is 5.99. The lowest BCUT2D eigenvalue weighted by Gasteiger charge is -2.22. The van der Waals surface area contributed by atoms with Crippen molar-refractivity contribution in [2.45, 2.75) is 38.3 Å². The van der Waals surface area contributed by atoms with Crippen molar-refractivity contribution in [1.82, 2.24) is 15.6 Å². The predicted octanol–water partition coefficient (Wildman–Crippen LogP) is 3.96. The van der Waals surface area contributed by atoms with Crippen molar-refractivity contribution >= 4 is 16.8 Å². The molecule has 1 atom stereocenters. The van der Waals surface area contributed by atoms with E-state index in [0.717, 1.165) is 40.6 Å². The molecule has 1 unspecified atom stereocenters. The third-order valence-corrected chi connectivity index (χ3v) is 5.99. The maximum Gasteiger partial charge on any atom is 0.252 e. The second-order valence-electron chi connectivity index (χ2n) is 8.26. The number of benzene rings is 2. The number of carbonyl (C=O) groups excluding carboxylic acids is 1. The Kier molecular flexibility index (Phi) is 5.83. The van der Waals surface area contributed by atoms with Gasteiger partial charge in [-0.1, -0.05) is 12.1 Å². The average molecular weight is 420 g/mol. The summed E-state index contributed by atoms with van der Waals surface area (Å²) in [5.41, 5.74) is 3.06. The Hall–Kier alpha value is -3.12. The van der Waals surface area contributed by atoms with Gasteiger partial charge in [-0.25, -0.2) is 0 Å². The summed E-state index contributed by atoms with van der Waals surface area (Å²) in [5, 5.41) is 7.48. The molecule has 0 saturated heterocycles. The van der Waals surface area contributed by atoms with E-state index in [-0.39, 0.29) is 11.9 Å². The van der Waals surface area contributed by atoms with Gasteiger partial charge in [0.05, 0.1) is 18.2 Å². The van der Waals surface area contributed by atoms with Crippen LogP contribution in [0.1, 0.15) is 41.3 Å². The number of methoxy groups -OCH3 is 1. The Morgan fingerprint density at radius 2 is 2.00 bits per heavy atom. The molecule has 4 rings (SSSR count). The van der Waals surface area contributed by atoms with Crippen molar-refractivity contribution in [1.29, 1.82) is 0 Å². The van der Waals surface area contributed by atoms with Crippen molar-refractivity contribution < 1.29 is 14.3 Å². The molecule has 1 heterocycles. The highest BCUT2D eigenvalue weighted by Crippen LogP contribution is 2.49. The Morgan fingerprint density at radius 1 is 1.19 bits per heavy atom. The van der Waals surface area contributed by atoms with Crippen LogP contribution >= 0.6 is 0 Å². The molecule has 0 bridgehead atoms. The largest absolute Gasteiger partial charge is 0.497 e. The molecule has 0 radical (unpaired) electrons. The number of likely N-dealkylation sites (N-methyl/N-ethyl adjacent to an activating group) is 1. The van der Waals surface area contributed by atoms with E-state index in [0.29, 0.717) is 17.9 Å². The van der Waals surface area contributed by atoms with Crippen LogP contribution < -0.4 is 20.1 Å². The highest BCUT2D eigenvalue weighted by atomic mass is 16.5. The van der Waals surface area contributed by atoms with Crippen LogP contribution in [0.2, 0.25) is 0 Å². The van der Waals surface area contributed by atoms with Crippen molar-refractivity contribution in [3.63, 3.8) is 0 Å². The van der Waals surface area contributed by atoms with Crippen LogP contribution in [0.15, 0.2) is 48.7 Å². The number of carbonyl (C=O) groups is 1. The zero-order chi connectivity index (χ0) is 22.0. The Labute approximate surface area is 183 Å². The number of hydrogen-bond acceptors (Lipinski definition) is 5. The normalized spacial score (nSPS) is 15.4. The first-order valence-corrected chi connectivity index (χ1v) is 10.6. The van der Waals surface area contributed by atoms with Crippen LogP contribution in [0.25, 0.3) is 10.9 Å². The van der Waals surface area contributed by atoms with E-state index in [1.54, 1.807) is 13.3 Å². The van der Waals surface area contributed by atoms with E-state index in [2.05, 4.69) is 15.6 Å². The molecular formula is C25H29N3O3. The second-order valence-corrected chi connectivity index (χ2v) is 8.26. The number of hydrogen-bond donors (Lipinski definition) is 2. The maximum atomic E-state index is 13.3. The topological polar surface area (TPSA) is 72.5 Å². The van der Waals surface area contributed by atoms with Gasteiger partial charge >= 0.3 is 0 Å². The lowest BCUT2D eigenvalue weighted by molar-refractivity contribution is 0.0930. The molecule has 1 aromatic heterocycles. The van der Waals surface area contributed by atoms with Gasteiger partial charge in [0.15, 0.2) is 0 Å². The number of nitrogens with zero attached hydrogens (tertiary/aromatic N) is 1. The summed E-state index contributed by atoms with van der Waals surface area (Å²) in [6, 6.07) is 13.8. The van der Waals surface area contributed by atoms with Crippen LogP contribution in [-0.4, -0.2) is 37.7 Å². The third kappa shape index (κ3) is 4.35. The lowest BCUT2D eigenvalue weighted by atomic mass is 9.97. The van der Waals surface area contributed by atoms with Crippen molar-refractivity contribution in [3.8, 4) is 11.5 Å². The van der Waals surface area contributed by atoms with E-state index in [1.165, 1.54) is 0 Å². The molecule has 1 amide bonds. The van der Waals surface area contributed by atoms with E-state index in [9.17, 15) is 4.79 Å². The second kappa shape index (κ2) is 8.55. The summed E-state index contributed by atoms with van der Waals surface area (Å²) in [7, 11) is 3.55. The number of fused-ring (bicyclic) bond motifs is 1. The zero-order valence-electron chi connectivity index (χ0n) is 18.5. The molecule has 6 heteroatoms. The quantitative estimate of drug-likeness (QED) is 0.578. The number of amides is 1. The molecule has 3 aromatic rings. The molecule has 1 fully saturated rings. The molecule has 6 nitrogen and oxygen atoms in total. The maximum absolute atomic E-state index is 13.3. The van der Waals surface area contributed by atoms with Gasteiger partial charge in [-0.15, -0.1) is 0 Å². The summed E-state index contributed by atoms with van der Waals surface area (Å²) in [6.07, 6.45) is 3.53. The summed E-state index contributed by atoms with van der Waals surface area (Å²) in [5.74, 6) is 1.34. The summed E-state index contributed by atoms with van der Waals surface area (Å²) in [4.78, 5) is 17.8. The highest BCUT2D eigenvalue weighted by molar-refractivity contribution is 5.97. The van der Waals surface area contributed by atoms with E-state index in [1.807, 2.05) is 63.4 Å². The van der Waals surface area contributed by atoms with Gasteiger partial charge in [-0.3, -0.25) is 9.78 Å². The molecule has 1 saturated carbocycles. The number of pyridine rings is 1. The first kappa shape index (κ1) is 21.1. The predicted molar refractivity (Wildman–Crippen MR) is 122 cm³/mol. The van der Waals surface area contributed by atoms with Crippen LogP contribution in [-0.2, 0) is 5.54 Å². The van der Waals surface area contributed by atoms with Gasteiger partial charge in [0.2, 0.25) is 0 Å². The molecule has 2 aromatic carbocycles. The minimum Gasteiger partial charge on any atom is -0.497 e. The van der Waals surface area contributed by atoms with Gasteiger partial charge in [0, 0.05) is 29.3 Å². The Bertz CT molecular complexity index is 1110. The molecule has 0 aliphatic heterocycles.